The van der Waals surface area contributed by atoms with Gasteiger partial charge in [0, 0.05) is 23.2 Å². The van der Waals surface area contributed by atoms with Gasteiger partial charge in [0.15, 0.2) is 0 Å². The molecule has 3 aromatic carbocycles. The maximum absolute atomic E-state index is 9.46. The predicted octanol–water partition coefficient (Wildman–Crippen LogP) is 4.93. The Morgan fingerprint density at radius 2 is 1.81 bits per heavy atom. The Balaban J connectivity index is 1.85. The van der Waals surface area contributed by atoms with Gasteiger partial charge in [0.1, 0.15) is 12.4 Å². The third kappa shape index (κ3) is 4.55. The van der Waals surface area contributed by atoms with Crippen molar-refractivity contribution in [3.63, 3.8) is 0 Å². The SMILES string of the molecule is CCC(CO)NCc1c(OCc2ccc(Cl)cc2)ccc2ccccc12. The Morgan fingerprint density at radius 1 is 1.04 bits per heavy atom. The molecule has 136 valence electrons. The summed E-state index contributed by atoms with van der Waals surface area (Å²) >= 11 is 5.95. The van der Waals surface area contributed by atoms with Gasteiger partial charge in [0.05, 0.1) is 6.61 Å². The molecule has 3 rings (SSSR count). The molecule has 4 heteroatoms. The number of aliphatic hydroxyl groups is 1. The first-order chi connectivity index (χ1) is 12.7. The average Bonchev–Trinajstić information content (AvgIpc) is 2.68. The van der Waals surface area contributed by atoms with Crippen LogP contribution in [0.2, 0.25) is 5.02 Å². The van der Waals surface area contributed by atoms with Gasteiger partial charge in [-0.1, -0.05) is 61.0 Å². The lowest BCUT2D eigenvalue weighted by atomic mass is 10.0. The van der Waals surface area contributed by atoms with Crippen LogP contribution in [0.4, 0.5) is 0 Å². The van der Waals surface area contributed by atoms with Gasteiger partial charge in [-0.2, -0.15) is 0 Å². The van der Waals surface area contributed by atoms with Crippen LogP contribution in [0.25, 0.3) is 10.8 Å². The molecule has 3 nitrogen and oxygen atoms in total. The molecule has 0 fully saturated rings. The number of hydrogen-bond donors (Lipinski definition) is 2. The highest BCUT2D eigenvalue weighted by atomic mass is 35.5. The molecule has 1 unspecified atom stereocenters. The van der Waals surface area contributed by atoms with Gasteiger partial charge in [-0.15, -0.1) is 0 Å². The number of rotatable bonds is 8. The molecule has 0 radical (unpaired) electrons. The van der Waals surface area contributed by atoms with Gasteiger partial charge >= 0.3 is 0 Å². The van der Waals surface area contributed by atoms with E-state index in [4.69, 9.17) is 16.3 Å². The van der Waals surface area contributed by atoms with Gasteiger partial charge in [-0.3, -0.25) is 0 Å². The van der Waals surface area contributed by atoms with Crippen molar-refractivity contribution in [2.75, 3.05) is 6.61 Å². The number of aliphatic hydroxyl groups excluding tert-OH is 1. The summed E-state index contributed by atoms with van der Waals surface area (Å²) < 4.78 is 6.13. The summed E-state index contributed by atoms with van der Waals surface area (Å²) in [5, 5.41) is 16.0. The Hall–Kier alpha value is -2.07. The highest BCUT2D eigenvalue weighted by Crippen LogP contribution is 2.29. The minimum absolute atomic E-state index is 0.0816. The minimum atomic E-state index is 0.0816. The van der Waals surface area contributed by atoms with Crippen LogP contribution in [0.5, 0.6) is 5.75 Å². The summed E-state index contributed by atoms with van der Waals surface area (Å²) in [6.45, 7) is 3.33. The molecular weight excluding hydrogens is 346 g/mol. The minimum Gasteiger partial charge on any atom is -0.489 e. The van der Waals surface area contributed by atoms with E-state index in [1.165, 1.54) is 10.8 Å². The second kappa shape index (κ2) is 9.04. The van der Waals surface area contributed by atoms with E-state index < -0.39 is 0 Å². The van der Waals surface area contributed by atoms with Crippen molar-refractivity contribution < 1.29 is 9.84 Å². The van der Waals surface area contributed by atoms with E-state index in [1.54, 1.807) is 0 Å². The van der Waals surface area contributed by atoms with Crippen LogP contribution in [0.1, 0.15) is 24.5 Å². The Labute approximate surface area is 159 Å². The zero-order chi connectivity index (χ0) is 18.4. The lowest BCUT2D eigenvalue weighted by Crippen LogP contribution is -2.31. The Bertz CT molecular complexity index is 844. The van der Waals surface area contributed by atoms with Crippen molar-refractivity contribution in [3.05, 3.63) is 76.8 Å². The summed E-state index contributed by atoms with van der Waals surface area (Å²) in [5.41, 5.74) is 2.19. The molecule has 0 heterocycles. The molecule has 0 aliphatic heterocycles. The van der Waals surface area contributed by atoms with Crippen molar-refractivity contribution in [2.45, 2.75) is 32.5 Å². The topological polar surface area (TPSA) is 41.5 Å². The molecule has 0 saturated heterocycles. The normalized spacial score (nSPS) is 12.3. The predicted molar refractivity (Wildman–Crippen MR) is 108 cm³/mol. The monoisotopic (exact) mass is 369 g/mol. The lowest BCUT2D eigenvalue weighted by Gasteiger charge is -2.18. The smallest absolute Gasteiger partial charge is 0.124 e. The number of ether oxygens (including phenoxy) is 1. The summed E-state index contributed by atoms with van der Waals surface area (Å²) in [4.78, 5) is 0. The van der Waals surface area contributed by atoms with Crippen molar-refractivity contribution in [1.82, 2.24) is 5.32 Å². The van der Waals surface area contributed by atoms with Gasteiger partial charge in [-0.25, -0.2) is 0 Å². The molecule has 0 aliphatic rings. The molecule has 0 aromatic heterocycles. The summed E-state index contributed by atoms with van der Waals surface area (Å²) in [6, 6.07) is 20.2. The number of benzene rings is 3. The second-order valence-electron chi connectivity index (χ2n) is 6.35. The standard InChI is InChI=1S/C22H24ClNO2/c1-2-19(14-25)24-13-21-20-6-4-3-5-17(20)9-12-22(21)26-15-16-7-10-18(23)11-8-16/h3-12,19,24-25H,2,13-15H2,1H3. The summed E-state index contributed by atoms with van der Waals surface area (Å²) in [7, 11) is 0. The Morgan fingerprint density at radius 3 is 2.54 bits per heavy atom. The number of hydrogen-bond acceptors (Lipinski definition) is 3. The maximum Gasteiger partial charge on any atom is 0.124 e. The molecule has 0 aliphatic carbocycles. The molecule has 0 bridgehead atoms. The summed E-state index contributed by atoms with van der Waals surface area (Å²) in [5.74, 6) is 0.860. The molecular formula is C22H24ClNO2. The van der Waals surface area contributed by atoms with Crippen LogP contribution in [0.3, 0.4) is 0 Å². The quantitative estimate of drug-likeness (QED) is 0.591. The van der Waals surface area contributed by atoms with E-state index >= 15 is 0 Å². The number of halogens is 1. The lowest BCUT2D eigenvalue weighted by molar-refractivity contribution is 0.237. The van der Waals surface area contributed by atoms with E-state index in [2.05, 4.69) is 30.4 Å². The number of nitrogens with one attached hydrogen (secondary N) is 1. The van der Waals surface area contributed by atoms with Gasteiger partial charge < -0.3 is 15.2 Å². The highest BCUT2D eigenvalue weighted by molar-refractivity contribution is 6.30. The maximum atomic E-state index is 9.46. The molecule has 0 saturated carbocycles. The zero-order valence-corrected chi connectivity index (χ0v) is 15.7. The van der Waals surface area contributed by atoms with Crippen LogP contribution in [-0.2, 0) is 13.2 Å². The molecule has 1 atom stereocenters. The highest BCUT2D eigenvalue weighted by Gasteiger charge is 2.11. The first-order valence-electron chi connectivity index (χ1n) is 8.93. The molecule has 26 heavy (non-hydrogen) atoms. The van der Waals surface area contributed by atoms with E-state index in [0.717, 1.165) is 28.3 Å². The fourth-order valence-electron chi connectivity index (χ4n) is 2.96. The van der Waals surface area contributed by atoms with Gasteiger partial charge in [-0.05, 0) is 41.0 Å². The van der Waals surface area contributed by atoms with Gasteiger partial charge in [0.25, 0.3) is 0 Å². The van der Waals surface area contributed by atoms with Gasteiger partial charge in [0.2, 0.25) is 0 Å². The molecule has 0 spiro atoms. The third-order valence-corrected chi connectivity index (χ3v) is 4.84. The van der Waals surface area contributed by atoms with Crippen LogP contribution in [-0.4, -0.2) is 17.8 Å². The zero-order valence-electron chi connectivity index (χ0n) is 14.9. The van der Waals surface area contributed by atoms with Crippen LogP contribution < -0.4 is 10.1 Å². The summed E-state index contributed by atoms with van der Waals surface area (Å²) in [6.07, 6.45) is 0.877. The van der Waals surface area contributed by atoms with E-state index in [1.807, 2.05) is 42.5 Å². The van der Waals surface area contributed by atoms with Crippen LogP contribution in [0, 0.1) is 0 Å². The fourth-order valence-corrected chi connectivity index (χ4v) is 3.09. The largest absolute Gasteiger partial charge is 0.489 e. The fraction of sp³-hybridized carbons (Fsp3) is 0.273. The number of fused-ring (bicyclic) bond motifs is 1. The van der Waals surface area contributed by atoms with E-state index in [9.17, 15) is 5.11 Å². The van der Waals surface area contributed by atoms with Crippen molar-refractivity contribution in [2.24, 2.45) is 0 Å². The second-order valence-corrected chi connectivity index (χ2v) is 6.78. The van der Waals surface area contributed by atoms with Crippen molar-refractivity contribution in [3.8, 4) is 5.75 Å². The van der Waals surface area contributed by atoms with E-state index in [-0.39, 0.29) is 12.6 Å². The molecule has 2 N–H and O–H groups in total. The third-order valence-electron chi connectivity index (χ3n) is 4.59. The van der Waals surface area contributed by atoms with Crippen molar-refractivity contribution in [1.29, 1.82) is 0 Å². The van der Waals surface area contributed by atoms with Crippen molar-refractivity contribution >= 4 is 22.4 Å². The average molecular weight is 370 g/mol. The first kappa shape index (κ1) is 18.7. The molecule has 0 amide bonds. The van der Waals surface area contributed by atoms with Crippen LogP contribution in [0.15, 0.2) is 60.7 Å². The first-order valence-corrected chi connectivity index (χ1v) is 9.31. The van der Waals surface area contributed by atoms with Crippen LogP contribution >= 0.6 is 11.6 Å². The molecule has 3 aromatic rings. The van der Waals surface area contributed by atoms with E-state index in [0.29, 0.717) is 13.2 Å². The Kier molecular flexibility index (Phi) is 6.51.